The van der Waals surface area contributed by atoms with E-state index in [1.807, 2.05) is 36.0 Å². The molecule has 116 valence electrons. The molecule has 0 amide bonds. The lowest BCUT2D eigenvalue weighted by atomic mass is 10.2. The van der Waals surface area contributed by atoms with Crippen LogP contribution in [0.5, 0.6) is 0 Å². The standard InChI is InChI=1S/C17H14BrN3OS/c18-13-5-3-4-12(10-13)17-19-16(22-20-17)11-21-8-9-23-15-7-2-1-6-14(15)21/h1-7,10H,8-9,11H2. The van der Waals surface area contributed by atoms with E-state index in [1.165, 1.54) is 10.6 Å². The van der Waals surface area contributed by atoms with E-state index >= 15 is 0 Å². The molecule has 1 aromatic heterocycles. The van der Waals surface area contributed by atoms with Gasteiger partial charge in [0, 0.05) is 27.2 Å². The number of anilines is 1. The van der Waals surface area contributed by atoms with Gasteiger partial charge in [0.25, 0.3) is 0 Å². The molecule has 4 nitrogen and oxygen atoms in total. The zero-order valence-electron chi connectivity index (χ0n) is 12.3. The molecule has 0 saturated heterocycles. The van der Waals surface area contributed by atoms with Crippen LogP contribution in [-0.4, -0.2) is 22.4 Å². The number of nitrogens with zero attached hydrogens (tertiary/aromatic N) is 3. The molecule has 1 aliphatic rings. The van der Waals surface area contributed by atoms with Gasteiger partial charge in [0.1, 0.15) is 0 Å². The summed E-state index contributed by atoms with van der Waals surface area (Å²) >= 11 is 5.36. The molecule has 2 aromatic carbocycles. The fraction of sp³-hybridized carbons (Fsp3) is 0.176. The Morgan fingerprint density at radius 1 is 1.17 bits per heavy atom. The summed E-state index contributed by atoms with van der Waals surface area (Å²) in [6.45, 7) is 1.62. The number of halogens is 1. The number of hydrogen-bond acceptors (Lipinski definition) is 5. The van der Waals surface area contributed by atoms with E-state index in [1.54, 1.807) is 0 Å². The molecule has 0 radical (unpaired) electrons. The van der Waals surface area contributed by atoms with E-state index in [2.05, 4.69) is 55.2 Å². The van der Waals surface area contributed by atoms with Crippen molar-refractivity contribution in [1.82, 2.24) is 10.1 Å². The zero-order valence-corrected chi connectivity index (χ0v) is 14.7. The maximum atomic E-state index is 5.45. The van der Waals surface area contributed by atoms with Crippen LogP contribution < -0.4 is 4.90 Å². The van der Waals surface area contributed by atoms with Crippen molar-refractivity contribution < 1.29 is 4.52 Å². The molecule has 6 heteroatoms. The third-order valence-electron chi connectivity index (χ3n) is 3.70. The van der Waals surface area contributed by atoms with Crippen LogP contribution in [0.2, 0.25) is 0 Å². The van der Waals surface area contributed by atoms with Gasteiger partial charge >= 0.3 is 0 Å². The Morgan fingerprint density at radius 3 is 3.00 bits per heavy atom. The molecule has 0 atom stereocenters. The second-order valence-corrected chi connectivity index (χ2v) is 7.31. The predicted octanol–water partition coefficient (Wildman–Crippen LogP) is 4.61. The predicted molar refractivity (Wildman–Crippen MR) is 95.7 cm³/mol. The smallest absolute Gasteiger partial charge is 0.246 e. The molecule has 0 spiro atoms. The molecule has 1 aliphatic heterocycles. The molecular formula is C17H14BrN3OS. The monoisotopic (exact) mass is 387 g/mol. The van der Waals surface area contributed by atoms with Gasteiger partial charge in [0.15, 0.2) is 0 Å². The number of rotatable bonds is 3. The summed E-state index contributed by atoms with van der Waals surface area (Å²) in [5, 5.41) is 4.11. The van der Waals surface area contributed by atoms with Crippen molar-refractivity contribution in [2.24, 2.45) is 0 Å². The molecule has 4 rings (SSSR count). The number of aromatic nitrogens is 2. The van der Waals surface area contributed by atoms with Crippen molar-refractivity contribution in [2.45, 2.75) is 11.4 Å². The zero-order chi connectivity index (χ0) is 15.6. The molecule has 23 heavy (non-hydrogen) atoms. The van der Waals surface area contributed by atoms with E-state index in [4.69, 9.17) is 4.52 Å². The van der Waals surface area contributed by atoms with Crippen LogP contribution in [0.15, 0.2) is 62.4 Å². The molecule has 0 aliphatic carbocycles. The van der Waals surface area contributed by atoms with Crippen LogP contribution in [0, 0.1) is 0 Å². The lowest BCUT2D eigenvalue weighted by Gasteiger charge is -2.29. The summed E-state index contributed by atoms with van der Waals surface area (Å²) in [6, 6.07) is 16.4. The van der Waals surface area contributed by atoms with Crippen LogP contribution in [0.4, 0.5) is 5.69 Å². The van der Waals surface area contributed by atoms with Crippen LogP contribution in [0.1, 0.15) is 5.89 Å². The van der Waals surface area contributed by atoms with Crippen molar-refractivity contribution in [3.8, 4) is 11.4 Å². The van der Waals surface area contributed by atoms with Crippen molar-refractivity contribution in [3.63, 3.8) is 0 Å². The first-order chi connectivity index (χ1) is 11.3. The van der Waals surface area contributed by atoms with Gasteiger partial charge in [-0.25, -0.2) is 0 Å². The summed E-state index contributed by atoms with van der Waals surface area (Å²) in [4.78, 5) is 8.15. The molecule has 2 heterocycles. The highest BCUT2D eigenvalue weighted by Gasteiger charge is 2.19. The van der Waals surface area contributed by atoms with Gasteiger partial charge in [0.2, 0.25) is 11.7 Å². The van der Waals surface area contributed by atoms with Crippen LogP contribution >= 0.6 is 27.7 Å². The van der Waals surface area contributed by atoms with Gasteiger partial charge in [-0.1, -0.05) is 45.4 Å². The average molecular weight is 388 g/mol. The van der Waals surface area contributed by atoms with E-state index in [-0.39, 0.29) is 0 Å². The normalized spacial score (nSPS) is 13.9. The summed E-state index contributed by atoms with van der Waals surface area (Å²) in [5.41, 5.74) is 2.19. The summed E-state index contributed by atoms with van der Waals surface area (Å²) in [6.07, 6.45) is 0. The first kappa shape index (κ1) is 14.8. The quantitative estimate of drug-likeness (QED) is 0.656. The fourth-order valence-corrected chi connectivity index (χ4v) is 4.07. The minimum Gasteiger partial charge on any atom is -0.360 e. The number of para-hydroxylation sites is 1. The third-order valence-corrected chi connectivity index (χ3v) is 5.24. The average Bonchev–Trinajstić information content (AvgIpc) is 3.04. The molecule has 0 bridgehead atoms. The molecule has 0 N–H and O–H groups in total. The second kappa shape index (κ2) is 6.37. The van der Waals surface area contributed by atoms with E-state index in [9.17, 15) is 0 Å². The van der Waals surface area contributed by atoms with Crippen LogP contribution in [-0.2, 0) is 6.54 Å². The Kier molecular flexibility index (Phi) is 4.10. The molecule has 0 saturated carbocycles. The van der Waals surface area contributed by atoms with Crippen molar-refractivity contribution >= 4 is 33.4 Å². The fourth-order valence-electron chi connectivity index (χ4n) is 2.62. The SMILES string of the molecule is Brc1cccc(-c2noc(CN3CCSc4ccccc43)n2)c1. The second-order valence-electron chi connectivity index (χ2n) is 5.26. The van der Waals surface area contributed by atoms with E-state index < -0.39 is 0 Å². The van der Waals surface area contributed by atoms with E-state index in [0.717, 1.165) is 22.3 Å². The van der Waals surface area contributed by atoms with Gasteiger partial charge in [-0.15, -0.1) is 11.8 Å². The van der Waals surface area contributed by atoms with Crippen LogP contribution in [0.3, 0.4) is 0 Å². The first-order valence-electron chi connectivity index (χ1n) is 7.35. The summed E-state index contributed by atoms with van der Waals surface area (Å²) in [7, 11) is 0. The van der Waals surface area contributed by atoms with Gasteiger partial charge < -0.3 is 9.42 Å². The Hall–Kier alpha value is -1.79. The highest BCUT2D eigenvalue weighted by Crippen LogP contribution is 2.35. The Morgan fingerprint density at radius 2 is 2.09 bits per heavy atom. The van der Waals surface area contributed by atoms with Gasteiger partial charge in [0.05, 0.1) is 12.2 Å². The molecular weight excluding hydrogens is 374 g/mol. The highest BCUT2D eigenvalue weighted by molar-refractivity contribution is 9.10. The highest BCUT2D eigenvalue weighted by atomic mass is 79.9. The van der Waals surface area contributed by atoms with Gasteiger partial charge in [-0.3, -0.25) is 0 Å². The minimum atomic E-state index is 0.626. The topological polar surface area (TPSA) is 42.2 Å². The Labute approximate surface area is 147 Å². The summed E-state index contributed by atoms with van der Waals surface area (Å²) < 4.78 is 6.45. The summed E-state index contributed by atoms with van der Waals surface area (Å²) in [5.74, 6) is 2.34. The Balaban J connectivity index is 1.57. The number of fused-ring (bicyclic) bond motifs is 1. The number of thioether (sulfide) groups is 1. The van der Waals surface area contributed by atoms with Crippen molar-refractivity contribution in [3.05, 3.63) is 58.9 Å². The number of benzene rings is 2. The van der Waals surface area contributed by atoms with Crippen molar-refractivity contribution in [2.75, 3.05) is 17.2 Å². The first-order valence-corrected chi connectivity index (χ1v) is 9.13. The molecule has 3 aromatic rings. The van der Waals surface area contributed by atoms with Crippen LogP contribution in [0.25, 0.3) is 11.4 Å². The van der Waals surface area contributed by atoms with E-state index in [0.29, 0.717) is 18.3 Å². The third kappa shape index (κ3) is 3.14. The largest absolute Gasteiger partial charge is 0.360 e. The van der Waals surface area contributed by atoms with Gasteiger partial charge in [-0.2, -0.15) is 4.98 Å². The Bertz CT molecular complexity index is 836. The van der Waals surface area contributed by atoms with Gasteiger partial charge in [-0.05, 0) is 24.3 Å². The maximum absolute atomic E-state index is 5.45. The molecule has 0 fully saturated rings. The lowest BCUT2D eigenvalue weighted by Crippen LogP contribution is -2.28. The lowest BCUT2D eigenvalue weighted by molar-refractivity contribution is 0.377. The number of hydrogen-bond donors (Lipinski definition) is 0. The molecule has 0 unspecified atom stereocenters. The van der Waals surface area contributed by atoms with Crippen molar-refractivity contribution in [1.29, 1.82) is 0 Å². The minimum absolute atomic E-state index is 0.626. The maximum Gasteiger partial charge on any atom is 0.246 e.